The SMILES string of the molecule is C=C(C)CCCC(C)OC(C)=O. The second kappa shape index (κ2) is 5.81. The standard InChI is InChI=1S/C10H18O2/c1-8(2)6-5-7-9(3)12-10(4)11/h9H,1,5-7H2,2-4H3. The molecule has 0 aliphatic carbocycles. The van der Waals surface area contributed by atoms with Gasteiger partial charge in [0.15, 0.2) is 0 Å². The molecule has 2 nitrogen and oxygen atoms in total. The zero-order valence-corrected chi connectivity index (χ0v) is 8.22. The molecule has 0 aliphatic heterocycles. The van der Waals surface area contributed by atoms with Gasteiger partial charge in [0.25, 0.3) is 0 Å². The smallest absolute Gasteiger partial charge is 0.302 e. The molecule has 12 heavy (non-hydrogen) atoms. The Hall–Kier alpha value is -0.790. The Balaban J connectivity index is 3.37. The van der Waals surface area contributed by atoms with Crippen molar-refractivity contribution in [2.75, 3.05) is 0 Å². The summed E-state index contributed by atoms with van der Waals surface area (Å²) in [6.07, 6.45) is 3.03. The van der Waals surface area contributed by atoms with Crippen molar-refractivity contribution in [2.45, 2.75) is 46.1 Å². The fraction of sp³-hybridized carbons (Fsp3) is 0.700. The molecule has 1 unspecified atom stereocenters. The third-order valence-corrected chi connectivity index (χ3v) is 1.58. The summed E-state index contributed by atoms with van der Waals surface area (Å²) in [5.74, 6) is -0.196. The van der Waals surface area contributed by atoms with E-state index >= 15 is 0 Å². The molecule has 0 rings (SSSR count). The molecule has 0 aromatic carbocycles. The Kier molecular flexibility index (Phi) is 5.43. The van der Waals surface area contributed by atoms with E-state index in [1.807, 2.05) is 13.8 Å². The van der Waals surface area contributed by atoms with Gasteiger partial charge in [-0.2, -0.15) is 0 Å². The second-order valence-electron chi connectivity index (χ2n) is 3.27. The third kappa shape index (κ3) is 7.32. The summed E-state index contributed by atoms with van der Waals surface area (Å²) in [7, 11) is 0. The van der Waals surface area contributed by atoms with Gasteiger partial charge in [0, 0.05) is 6.92 Å². The molecule has 0 aliphatic rings. The maximum absolute atomic E-state index is 10.5. The molecule has 0 bridgehead atoms. The molecule has 0 N–H and O–H groups in total. The van der Waals surface area contributed by atoms with Crippen LogP contribution in [0.5, 0.6) is 0 Å². The summed E-state index contributed by atoms with van der Waals surface area (Å²) in [5.41, 5.74) is 1.19. The Morgan fingerprint density at radius 3 is 2.50 bits per heavy atom. The third-order valence-electron chi connectivity index (χ3n) is 1.58. The summed E-state index contributed by atoms with van der Waals surface area (Å²) in [4.78, 5) is 10.5. The van der Waals surface area contributed by atoms with Crippen LogP contribution in [0.2, 0.25) is 0 Å². The molecule has 0 saturated heterocycles. The fourth-order valence-corrected chi connectivity index (χ4v) is 1.03. The predicted octanol–water partition coefficient (Wildman–Crippen LogP) is 2.68. The Labute approximate surface area is 74.6 Å². The van der Waals surface area contributed by atoms with Crippen LogP contribution in [0.1, 0.15) is 40.0 Å². The molecule has 2 heteroatoms. The topological polar surface area (TPSA) is 26.3 Å². The van der Waals surface area contributed by atoms with E-state index in [0.29, 0.717) is 0 Å². The largest absolute Gasteiger partial charge is 0.463 e. The molecule has 0 radical (unpaired) electrons. The first-order valence-electron chi connectivity index (χ1n) is 4.34. The van der Waals surface area contributed by atoms with Gasteiger partial charge in [0.1, 0.15) is 0 Å². The molecule has 0 saturated carbocycles. The average molecular weight is 170 g/mol. The summed E-state index contributed by atoms with van der Waals surface area (Å²) >= 11 is 0. The van der Waals surface area contributed by atoms with E-state index in [2.05, 4.69) is 6.58 Å². The molecule has 0 spiro atoms. The van der Waals surface area contributed by atoms with E-state index in [-0.39, 0.29) is 12.1 Å². The zero-order valence-electron chi connectivity index (χ0n) is 8.22. The minimum Gasteiger partial charge on any atom is -0.463 e. The van der Waals surface area contributed by atoms with Gasteiger partial charge in [-0.15, -0.1) is 6.58 Å². The molecular weight excluding hydrogens is 152 g/mol. The van der Waals surface area contributed by atoms with Crippen LogP contribution in [0.15, 0.2) is 12.2 Å². The summed E-state index contributed by atoms with van der Waals surface area (Å²) in [6.45, 7) is 9.17. The van der Waals surface area contributed by atoms with E-state index in [4.69, 9.17) is 4.74 Å². The van der Waals surface area contributed by atoms with Crippen molar-refractivity contribution in [2.24, 2.45) is 0 Å². The van der Waals surface area contributed by atoms with Gasteiger partial charge in [0.2, 0.25) is 0 Å². The summed E-state index contributed by atoms with van der Waals surface area (Å²) in [5, 5.41) is 0. The highest BCUT2D eigenvalue weighted by atomic mass is 16.5. The first-order valence-corrected chi connectivity index (χ1v) is 4.34. The van der Waals surface area contributed by atoms with Crippen LogP contribution in [0.3, 0.4) is 0 Å². The lowest BCUT2D eigenvalue weighted by atomic mass is 10.1. The minimum atomic E-state index is -0.196. The van der Waals surface area contributed by atoms with E-state index < -0.39 is 0 Å². The lowest BCUT2D eigenvalue weighted by Crippen LogP contribution is -2.11. The normalized spacial score (nSPS) is 12.2. The zero-order chi connectivity index (χ0) is 9.56. The second-order valence-corrected chi connectivity index (χ2v) is 3.27. The molecule has 0 fully saturated rings. The van der Waals surface area contributed by atoms with Crippen molar-refractivity contribution in [3.8, 4) is 0 Å². The van der Waals surface area contributed by atoms with Gasteiger partial charge < -0.3 is 4.74 Å². The first-order chi connectivity index (χ1) is 5.52. The highest BCUT2D eigenvalue weighted by Crippen LogP contribution is 2.08. The molecule has 70 valence electrons. The molecule has 0 heterocycles. The summed E-state index contributed by atoms with van der Waals surface area (Å²) < 4.78 is 4.96. The highest BCUT2D eigenvalue weighted by Gasteiger charge is 2.03. The number of hydrogen-bond donors (Lipinski definition) is 0. The Morgan fingerprint density at radius 2 is 2.08 bits per heavy atom. The van der Waals surface area contributed by atoms with Crippen molar-refractivity contribution in [1.82, 2.24) is 0 Å². The van der Waals surface area contributed by atoms with Gasteiger partial charge in [-0.3, -0.25) is 4.79 Å². The molecule has 0 amide bonds. The van der Waals surface area contributed by atoms with Gasteiger partial charge in [-0.05, 0) is 33.1 Å². The van der Waals surface area contributed by atoms with Gasteiger partial charge in [0.05, 0.1) is 6.10 Å². The van der Waals surface area contributed by atoms with Crippen LogP contribution in [-0.2, 0) is 9.53 Å². The number of rotatable bonds is 5. The van der Waals surface area contributed by atoms with Crippen LogP contribution in [0, 0.1) is 0 Å². The lowest BCUT2D eigenvalue weighted by Gasteiger charge is -2.10. The van der Waals surface area contributed by atoms with Crippen LogP contribution in [0.25, 0.3) is 0 Å². The van der Waals surface area contributed by atoms with E-state index in [0.717, 1.165) is 19.3 Å². The Bertz CT molecular complexity index is 161. The molecule has 0 aromatic rings. The van der Waals surface area contributed by atoms with Crippen LogP contribution in [-0.4, -0.2) is 12.1 Å². The number of carbonyl (C=O) groups excluding carboxylic acids is 1. The monoisotopic (exact) mass is 170 g/mol. The van der Waals surface area contributed by atoms with E-state index in [9.17, 15) is 4.79 Å². The highest BCUT2D eigenvalue weighted by molar-refractivity contribution is 5.66. The quantitative estimate of drug-likeness (QED) is 0.468. The van der Waals surface area contributed by atoms with E-state index in [1.54, 1.807) is 0 Å². The maximum Gasteiger partial charge on any atom is 0.302 e. The first kappa shape index (κ1) is 11.2. The van der Waals surface area contributed by atoms with Crippen LogP contribution < -0.4 is 0 Å². The van der Waals surface area contributed by atoms with Crippen molar-refractivity contribution in [3.05, 3.63) is 12.2 Å². The van der Waals surface area contributed by atoms with Crippen LogP contribution in [0.4, 0.5) is 0 Å². The minimum absolute atomic E-state index is 0.0434. The molecule has 0 aromatic heterocycles. The number of carbonyl (C=O) groups is 1. The van der Waals surface area contributed by atoms with Crippen molar-refractivity contribution < 1.29 is 9.53 Å². The number of esters is 1. The molecular formula is C10H18O2. The fourth-order valence-electron chi connectivity index (χ4n) is 1.03. The van der Waals surface area contributed by atoms with Crippen molar-refractivity contribution in [1.29, 1.82) is 0 Å². The number of ether oxygens (including phenoxy) is 1. The number of allylic oxidation sites excluding steroid dienone is 1. The van der Waals surface area contributed by atoms with Gasteiger partial charge >= 0.3 is 5.97 Å². The number of hydrogen-bond acceptors (Lipinski definition) is 2. The predicted molar refractivity (Wildman–Crippen MR) is 49.9 cm³/mol. The van der Waals surface area contributed by atoms with Crippen molar-refractivity contribution in [3.63, 3.8) is 0 Å². The molecule has 1 atom stereocenters. The average Bonchev–Trinajstić information content (AvgIpc) is 1.84. The van der Waals surface area contributed by atoms with Crippen LogP contribution >= 0.6 is 0 Å². The summed E-state index contributed by atoms with van der Waals surface area (Å²) in [6, 6.07) is 0. The van der Waals surface area contributed by atoms with E-state index in [1.165, 1.54) is 12.5 Å². The lowest BCUT2D eigenvalue weighted by molar-refractivity contribution is -0.145. The maximum atomic E-state index is 10.5. The van der Waals surface area contributed by atoms with Gasteiger partial charge in [-0.1, -0.05) is 5.57 Å². The van der Waals surface area contributed by atoms with Crippen molar-refractivity contribution >= 4 is 5.97 Å². The van der Waals surface area contributed by atoms with Gasteiger partial charge in [-0.25, -0.2) is 0 Å². The Morgan fingerprint density at radius 1 is 1.50 bits per heavy atom.